The monoisotopic (exact) mass is 489 g/mol. The molecule has 1 saturated carbocycles. The Labute approximate surface area is 187 Å². The Hall–Kier alpha value is -1.02. The summed E-state index contributed by atoms with van der Waals surface area (Å²) < 4.78 is 29.4. The summed E-state index contributed by atoms with van der Waals surface area (Å²) in [5, 5.41) is 31.3. The molecule has 2 fully saturated rings. The number of ether oxygens (including phenoxy) is 1. The van der Waals surface area contributed by atoms with Crippen LogP contribution in [0.1, 0.15) is 12.1 Å². The van der Waals surface area contributed by atoms with Crippen LogP contribution in [0.2, 0.25) is 0 Å². The summed E-state index contributed by atoms with van der Waals surface area (Å²) in [5.74, 6) is -0.309. The van der Waals surface area contributed by atoms with Crippen molar-refractivity contribution in [2.75, 3.05) is 38.3 Å². The first-order valence-electron chi connectivity index (χ1n) is 9.23. The Kier molecular flexibility index (Phi) is 10.4. The molecule has 0 spiro atoms. The fourth-order valence-corrected chi connectivity index (χ4v) is 4.98. The van der Waals surface area contributed by atoms with E-state index in [0.717, 1.165) is 5.69 Å². The predicted octanol–water partition coefficient (Wildman–Crippen LogP) is -1.77. The summed E-state index contributed by atoms with van der Waals surface area (Å²) in [4.78, 5) is 13.7. The Bertz CT molecular complexity index is 781. The Balaban J connectivity index is 0.00000225. The van der Waals surface area contributed by atoms with Gasteiger partial charge in [0.2, 0.25) is 5.91 Å². The van der Waals surface area contributed by atoms with Crippen molar-refractivity contribution in [1.82, 2.24) is 25.2 Å². The number of carbonyl (C=O) groups is 1. The first-order valence-corrected chi connectivity index (χ1v) is 11.1. The van der Waals surface area contributed by atoms with E-state index >= 15 is 0 Å². The molecule has 0 aromatic carbocycles. The van der Waals surface area contributed by atoms with Crippen LogP contribution in [0.3, 0.4) is 0 Å². The highest BCUT2D eigenvalue weighted by Crippen LogP contribution is 2.28. The van der Waals surface area contributed by atoms with Crippen molar-refractivity contribution >= 4 is 40.6 Å². The second-order valence-corrected chi connectivity index (χ2v) is 9.75. The lowest BCUT2D eigenvalue weighted by Crippen LogP contribution is -2.44. The Morgan fingerprint density at radius 3 is 2.57 bits per heavy atom. The molecule has 3 rings (SSSR count). The van der Waals surface area contributed by atoms with Gasteiger partial charge in [-0.3, -0.25) is 14.4 Å². The molecule has 3 N–H and O–H groups in total. The molecule has 0 unspecified atom stereocenters. The number of nitrogens with one attached hydrogen (secondary N) is 1. The van der Waals surface area contributed by atoms with Crippen LogP contribution in [0.15, 0.2) is 6.20 Å². The van der Waals surface area contributed by atoms with E-state index in [1.54, 1.807) is 10.9 Å². The van der Waals surface area contributed by atoms with Gasteiger partial charge < -0.3 is 20.3 Å². The number of aliphatic hydroxyl groups excluding tert-OH is 2. The lowest BCUT2D eigenvalue weighted by atomic mass is 10.1. The smallest absolute Gasteiger partial charge is 0.246 e. The number of methoxy groups -OCH3 is 1. The molecule has 0 radical (unpaired) electrons. The van der Waals surface area contributed by atoms with Crippen LogP contribution in [0.4, 0.5) is 0 Å². The average molecular weight is 490 g/mol. The number of carbonyl (C=O) groups excluding carboxylic acids is 1. The number of nitrogens with zero attached hydrogens (tertiary/aromatic N) is 4. The molecule has 11 nitrogen and oxygen atoms in total. The molecule has 0 bridgehead atoms. The molecule has 1 amide bonds. The van der Waals surface area contributed by atoms with Gasteiger partial charge in [-0.1, -0.05) is 5.21 Å². The van der Waals surface area contributed by atoms with Gasteiger partial charge in [-0.25, -0.2) is 8.42 Å². The quantitative estimate of drug-likeness (QED) is 0.404. The van der Waals surface area contributed by atoms with Gasteiger partial charge >= 0.3 is 0 Å². The van der Waals surface area contributed by atoms with Crippen LogP contribution in [0.25, 0.3) is 0 Å². The summed E-state index contributed by atoms with van der Waals surface area (Å²) in [6.07, 6.45) is 0.146. The van der Waals surface area contributed by atoms with Gasteiger partial charge in [0.1, 0.15) is 12.7 Å². The average Bonchev–Trinajstić information content (AvgIpc) is 3.17. The largest absolute Gasteiger partial charge is 0.390 e. The second-order valence-electron chi connectivity index (χ2n) is 7.44. The third kappa shape index (κ3) is 7.01. The molecule has 1 aliphatic carbocycles. The summed E-state index contributed by atoms with van der Waals surface area (Å²) in [6.45, 7) is 1.72. The third-order valence-electron chi connectivity index (χ3n) is 5.25. The van der Waals surface area contributed by atoms with Gasteiger partial charge in [0.25, 0.3) is 0 Å². The molecule has 14 heteroatoms. The van der Waals surface area contributed by atoms with Gasteiger partial charge in [-0.15, -0.1) is 29.9 Å². The molecule has 2 aliphatic rings. The van der Waals surface area contributed by atoms with Gasteiger partial charge in [-0.05, 0) is 6.42 Å². The number of aromatic nitrogens is 3. The Morgan fingerprint density at radius 1 is 1.27 bits per heavy atom. The first-order chi connectivity index (χ1) is 13.3. The van der Waals surface area contributed by atoms with Gasteiger partial charge in [-0.2, -0.15) is 0 Å². The predicted molar refractivity (Wildman–Crippen MR) is 112 cm³/mol. The number of halogens is 2. The van der Waals surface area contributed by atoms with Crippen LogP contribution in [-0.4, -0.2) is 101 Å². The van der Waals surface area contributed by atoms with Gasteiger partial charge in [0.05, 0.1) is 29.3 Å². The number of amides is 1. The lowest BCUT2D eigenvalue weighted by Gasteiger charge is -2.25. The summed E-state index contributed by atoms with van der Waals surface area (Å²) in [7, 11) is -1.51. The second kappa shape index (κ2) is 11.6. The minimum atomic E-state index is -2.92. The molecule has 1 aromatic heterocycles. The van der Waals surface area contributed by atoms with E-state index in [1.165, 1.54) is 7.11 Å². The molecule has 1 saturated heterocycles. The highest BCUT2D eigenvalue weighted by atomic mass is 35.5. The standard InChI is InChI=1S/C16H27N5O6S.2ClH/c1-27-10-14(22)17-13-6-11(15(23)16(13)24)7-21-9-12(18-19-21)8-20-2-4-28(25,26)5-3-20;;/h9,11,13,15-16,23-24H,2-8,10H2,1H3,(H,17,22);2*1H/t11-,13-,15-,16+;;/m1../s1. The Morgan fingerprint density at radius 2 is 1.93 bits per heavy atom. The van der Waals surface area contributed by atoms with Crippen molar-refractivity contribution in [3.63, 3.8) is 0 Å². The van der Waals surface area contributed by atoms with E-state index in [2.05, 4.69) is 15.6 Å². The van der Waals surface area contributed by atoms with E-state index in [1.807, 2.05) is 4.90 Å². The zero-order valence-corrected chi connectivity index (χ0v) is 19.0. The fraction of sp³-hybridized carbons (Fsp3) is 0.812. The molecular weight excluding hydrogens is 461 g/mol. The van der Waals surface area contributed by atoms with E-state index < -0.39 is 28.1 Å². The number of rotatable bonds is 7. The van der Waals surface area contributed by atoms with Crippen LogP contribution >= 0.6 is 24.8 Å². The molecule has 30 heavy (non-hydrogen) atoms. The molecule has 1 aliphatic heterocycles. The van der Waals surface area contributed by atoms with E-state index in [4.69, 9.17) is 4.74 Å². The van der Waals surface area contributed by atoms with Crippen LogP contribution in [0.5, 0.6) is 0 Å². The highest BCUT2D eigenvalue weighted by molar-refractivity contribution is 7.91. The van der Waals surface area contributed by atoms with Crippen molar-refractivity contribution in [3.8, 4) is 0 Å². The SMILES string of the molecule is COCC(=O)N[C@@H]1C[C@H](Cn2cc(CN3CCS(=O)(=O)CC3)nn2)[C@@H](O)[C@H]1O.Cl.Cl. The van der Waals surface area contributed by atoms with E-state index in [9.17, 15) is 23.4 Å². The molecule has 174 valence electrons. The third-order valence-corrected chi connectivity index (χ3v) is 6.86. The minimum Gasteiger partial charge on any atom is -0.390 e. The zero-order chi connectivity index (χ0) is 20.3. The maximum Gasteiger partial charge on any atom is 0.246 e. The van der Waals surface area contributed by atoms with E-state index in [0.29, 0.717) is 32.6 Å². The van der Waals surface area contributed by atoms with Gasteiger partial charge in [0, 0.05) is 45.4 Å². The topological polar surface area (TPSA) is 147 Å². The van der Waals surface area contributed by atoms with Crippen molar-refractivity contribution in [1.29, 1.82) is 0 Å². The van der Waals surface area contributed by atoms with Crippen molar-refractivity contribution in [3.05, 3.63) is 11.9 Å². The van der Waals surface area contributed by atoms with Gasteiger partial charge in [0.15, 0.2) is 9.84 Å². The maximum absolute atomic E-state index is 11.7. The lowest BCUT2D eigenvalue weighted by molar-refractivity contribution is -0.126. The molecule has 2 heterocycles. The summed E-state index contributed by atoms with van der Waals surface area (Å²) >= 11 is 0. The zero-order valence-electron chi connectivity index (χ0n) is 16.6. The fourth-order valence-electron chi connectivity index (χ4n) is 3.71. The van der Waals surface area contributed by atoms with Crippen molar-refractivity contribution < 1.29 is 28.2 Å². The van der Waals surface area contributed by atoms with Crippen LogP contribution in [0, 0.1) is 5.92 Å². The molecule has 4 atom stereocenters. The summed E-state index contributed by atoms with van der Waals surface area (Å²) in [5.41, 5.74) is 0.720. The van der Waals surface area contributed by atoms with E-state index in [-0.39, 0.29) is 54.8 Å². The van der Waals surface area contributed by atoms with Crippen LogP contribution < -0.4 is 5.32 Å². The normalized spacial score (nSPS) is 28.4. The maximum atomic E-state index is 11.7. The minimum absolute atomic E-state index is 0. The highest BCUT2D eigenvalue weighted by Gasteiger charge is 2.42. The van der Waals surface area contributed by atoms with Crippen molar-refractivity contribution in [2.45, 2.75) is 37.8 Å². The van der Waals surface area contributed by atoms with Crippen molar-refractivity contribution in [2.24, 2.45) is 5.92 Å². The molecule has 1 aromatic rings. The molecular formula is C16H29Cl2N5O6S. The first kappa shape index (κ1) is 27.0. The van der Waals surface area contributed by atoms with Crippen LogP contribution in [-0.2, 0) is 32.5 Å². The number of hydrogen-bond donors (Lipinski definition) is 3. The number of aliphatic hydroxyl groups is 2. The summed E-state index contributed by atoms with van der Waals surface area (Å²) in [6, 6.07) is -0.541. The number of hydrogen-bond acceptors (Lipinski definition) is 9. The number of sulfone groups is 1.